The van der Waals surface area contributed by atoms with E-state index >= 15 is 0 Å². The molecule has 1 atom stereocenters. The lowest BCUT2D eigenvalue weighted by Crippen LogP contribution is -2.33. The summed E-state index contributed by atoms with van der Waals surface area (Å²) in [6.45, 7) is 2.18. The van der Waals surface area contributed by atoms with Crippen LogP contribution in [0, 0.1) is 5.92 Å². The third kappa shape index (κ3) is 4.93. The Labute approximate surface area is 152 Å². The van der Waals surface area contributed by atoms with E-state index in [2.05, 4.69) is 5.32 Å². The third-order valence-electron chi connectivity index (χ3n) is 3.97. The van der Waals surface area contributed by atoms with Crippen molar-refractivity contribution in [3.8, 4) is 0 Å². The summed E-state index contributed by atoms with van der Waals surface area (Å²) in [5.41, 5.74) is 6.48. The van der Waals surface area contributed by atoms with Crippen molar-refractivity contribution in [2.24, 2.45) is 11.7 Å². The molecule has 0 spiro atoms. The largest absolute Gasteiger partial charge is 0.468 e. The van der Waals surface area contributed by atoms with Crippen LogP contribution in [0.2, 0.25) is 0 Å². The van der Waals surface area contributed by atoms with Crippen LogP contribution in [0.3, 0.4) is 0 Å². The van der Waals surface area contributed by atoms with Gasteiger partial charge in [-0.25, -0.2) is 4.79 Å². The Kier molecular flexibility index (Phi) is 7.02. The van der Waals surface area contributed by atoms with Gasteiger partial charge in [0.15, 0.2) is 0 Å². The fourth-order valence-corrected chi connectivity index (χ4v) is 3.40. The number of nitrogens with zero attached hydrogens (tertiary/aromatic N) is 1. The number of amides is 2. The fraction of sp³-hybridized carbons (Fsp3) is 0.353. The first-order valence-corrected chi connectivity index (χ1v) is 8.74. The highest BCUT2D eigenvalue weighted by molar-refractivity contribution is 7.98. The second-order valence-corrected chi connectivity index (χ2v) is 6.71. The smallest absolute Gasteiger partial charge is 0.321 e. The summed E-state index contributed by atoms with van der Waals surface area (Å²) >= 11 is 1.70. The molecule has 3 rings (SSSR count). The van der Waals surface area contributed by atoms with Crippen LogP contribution in [-0.2, 0) is 5.75 Å². The Hall–Kier alpha value is -1.63. The van der Waals surface area contributed by atoms with E-state index in [1.807, 2.05) is 41.3 Å². The van der Waals surface area contributed by atoms with E-state index in [4.69, 9.17) is 10.2 Å². The highest BCUT2D eigenvalue weighted by Gasteiger charge is 2.25. The molecule has 1 unspecified atom stereocenters. The number of hydrogen-bond acceptors (Lipinski definition) is 4. The van der Waals surface area contributed by atoms with Crippen LogP contribution in [-0.4, -0.2) is 30.6 Å². The minimum absolute atomic E-state index is 0. The molecule has 0 radical (unpaired) electrons. The van der Waals surface area contributed by atoms with Crippen LogP contribution in [0.15, 0.2) is 52.0 Å². The normalized spacial score (nSPS) is 16.7. The summed E-state index contributed by atoms with van der Waals surface area (Å²) < 4.78 is 5.31. The highest BCUT2D eigenvalue weighted by Crippen LogP contribution is 2.24. The van der Waals surface area contributed by atoms with E-state index in [1.54, 1.807) is 18.0 Å². The highest BCUT2D eigenvalue weighted by atomic mass is 35.5. The number of halogens is 1. The molecule has 0 bridgehead atoms. The van der Waals surface area contributed by atoms with Gasteiger partial charge in [-0.05, 0) is 55.3 Å². The first-order chi connectivity index (χ1) is 11.2. The molecule has 1 aliphatic rings. The average Bonchev–Trinajstić information content (AvgIpc) is 3.25. The van der Waals surface area contributed by atoms with Crippen LogP contribution < -0.4 is 11.1 Å². The number of furan rings is 1. The molecule has 130 valence electrons. The van der Waals surface area contributed by atoms with Crippen LogP contribution in [0.5, 0.6) is 0 Å². The van der Waals surface area contributed by atoms with Crippen molar-refractivity contribution in [2.75, 3.05) is 25.0 Å². The number of urea groups is 1. The second kappa shape index (κ2) is 9.01. The van der Waals surface area contributed by atoms with E-state index in [-0.39, 0.29) is 18.4 Å². The minimum atomic E-state index is -0.0445. The number of likely N-dealkylation sites (tertiary alicyclic amines) is 1. The van der Waals surface area contributed by atoms with E-state index in [9.17, 15) is 4.79 Å². The number of benzene rings is 1. The monoisotopic (exact) mass is 367 g/mol. The molecular weight excluding hydrogens is 346 g/mol. The summed E-state index contributed by atoms with van der Waals surface area (Å²) in [6.07, 6.45) is 2.67. The molecule has 1 aliphatic heterocycles. The Morgan fingerprint density at radius 3 is 2.75 bits per heavy atom. The van der Waals surface area contributed by atoms with Crippen molar-refractivity contribution in [1.29, 1.82) is 0 Å². The van der Waals surface area contributed by atoms with E-state index in [0.717, 1.165) is 41.6 Å². The molecule has 1 saturated heterocycles. The molecule has 7 heteroatoms. The number of nitrogens with two attached hydrogens (primary N) is 1. The van der Waals surface area contributed by atoms with Gasteiger partial charge in [0.1, 0.15) is 5.76 Å². The number of carbonyl (C=O) groups is 1. The van der Waals surface area contributed by atoms with Gasteiger partial charge in [-0.3, -0.25) is 0 Å². The maximum absolute atomic E-state index is 12.2. The molecule has 0 aliphatic carbocycles. The zero-order valence-electron chi connectivity index (χ0n) is 13.3. The van der Waals surface area contributed by atoms with Gasteiger partial charge in [0, 0.05) is 23.7 Å². The summed E-state index contributed by atoms with van der Waals surface area (Å²) in [7, 11) is 0. The van der Waals surface area contributed by atoms with Gasteiger partial charge in [0.25, 0.3) is 0 Å². The zero-order valence-corrected chi connectivity index (χ0v) is 14.9. The summed E-state index contributed by atoms with van der Waals surface area (Å²) in [5, 5.41) is 2.94. The molecule has 1 aromatic heterocycles. The molecular formula is C17H22ClN3O2S. The Morgan fingerprint density at radius 1 is 1.33 bits per heavy atom. The van der Waals surface area contributed by atoms with E-state index in [0.29, 0.717) is 12.5 Å². The molecule has 5 nitrogen and oxygen atoms in total. The van der Waals surface area contributed by atoms with Gasteiger partial charge in [-0.2, -0.15) is 0 Å². The predicted octanol–water partition coefficient (Wildman–Crippen LogP) is 3.81. The topological polar surface area (TPSA) is 71.5 Å². The van der Waals surface area contributed by atoms with Gasteiger partial charge < -0.3 is 20.4 Å². The number of nitrogens with one attached hydrogen (secondary N) is 1. The number of hydrogen-bond donors (Lipinski definition) is 2. The molecule has 2 heterocycles. The third-order valence-corrected chi connectivity index (χ3v) is 5.01. The molecule has 2 aromatic rings. The van der Waals surface area contributed by atoms with Gasteiger partial charge in [0.2, 0.25) is 0 Å². The first-order valence-electron chi connectivity index (χ1n) is 7.76. The lowest BCUT2D eigenvalue weighted by molar-refractivity contribution is 0.221. The number of anilines is 1. The quantitative estimate of drug-likeness (QED) is 0.788. The molecule has 1 fully saturated rings. The lowest BCUT2D eigenvalue weighted by Gasteiger charge is -2.17. The minimum Gasteiger partial charge on any atom is -0.468 e. The van der Waals surface area contributed by atoms with Gasteiger partial charge in [0.05, 0.1) is 12.0 Å². The van der Waals surface area contributed by atoms with Crippen molar-refractivity contribution >= 4 is 35.9 Å². The van der Waals surface area contributed by atoms with Gasteiger partial charge in [-0.1, -0.05) is 0 Å². The second-order valence-electron chi connectivity index (χ2n) is 5.66. The summed E-state index contributed by atoms with van der Waals surface area (Å²) in [4.78, 5) is 15.2. The van der Waals surface area contributed by atoms with E-state index < -0.39 is 0 Å². The predicted molar refractivity (Wildman–Crippen MR) is 99.7 cm³/mol. The van der Waals surface area contributed by atoms with Crippen molar-refractivity contribution in [3.63, 3.8) is 0 Å². The first kappa shape index (κ1) is 18.7. The Morgan fingerprint density at radius 2 is 2.12 bits per heavy atom. The molecule has 1 aromatic carbocycles. The maximum Gasteiger partial charge on any atom is 0.321 e. The SMILES string of the molecule is Cl.NCC1CCN(C(=O)Nc2ccc(SCc3ccco3)cc2)C1. The van der Waals surface area contributed by atoms with Gasteiger partial charge in [-0.15, -0.1) is 24.2 Å². The number of rotatable bonds is 5. The molecule has 24 heavy (non-hydrogen) atoms. The number of thioether (sulfide) groups is 1. The van der Waals surface area contributed by atoms with Gasteiger partial charge >= 0.3 is 6.03 Å². The average molecular weight is 368 g/mol. The molecule has 3 N–H and O–H groups in total. The Bertz CT molecular complexity index is 634. The lowest BCUT2D eigenvalue weighted by atomic mass is 10.1. The van der Waals surface area contributed by atoms with Crippen LogP contribution in [0.25, 0.3) is 0 Å². The molecule has 2 amide bonds. The van der Waals surface area contributed by atoms with Crippen molar-refractivity contribution in [3.05, 3.63) is 48.4 Å². The van der Waals surface area contributed by atoms with E-state index in [1.165, 1.54) is 0 Å². The van der Waals surface area contributed by atoms with Crippen LogP contribution >= 0.6 is 24.2 Å². The Balaban J connectivity index is 0.00000208. The summed E-state index contributed by atoms with van der Waals surface area (Å²) in [6, 6.07) is 11.7. The van der Waals surface area contributed by atoms with Crippen molar-refractivity contribution in [1.82, 2.24) is 4.90 Å². The summed E-state index contributed by atoms with van der Waals surface area (Å²) in [5.74, 6) is 2.18. The van der Waals surface area contributed by atoms with Crippen LogP contribution in [0.1, 0.15) is 12.2 Å². The standard InChI is InChI=1S/C17H21N3O2S.ClH/c18-10-13-7-8-20(11-13)17(21)19-14-3-5-16(6-4-14)23-12-15-2-1-9-22-15;/h1-6,9,13H,7-8,10-12,18H2,(H,19,21);1H. The maximum atomic E-state index is 12.2. The zero-order chi connectivity index (χ0) is 16.1. The van der Waals surface area contributed by atoms with Crippen LogP contribution in [0.4, 0.5) is 10.5 Å². The van der Waals surface area contributed by atoms with Crippen molar-refractivity contribution < 1.29 is 9.21 Å². The number of carbonyl (C=O) groups excluding carboxylic acids is 1. The fourth-order valence-electron chi connectivity index (χ4n) is 2.60. The molecule has 0 saturated carbocycles. The van der Waals surface area contributed by atoms with Crippen molar-refractivity contribution in [2.45, 2.75) is 17.1 Å².